The molecule has 2 aromatic carbocycles. The van der Waals surface area contributed by atoms with E-state index in [-0.39, 0.29) is 17.2 Å². The fourth-order valence-electron chi connectivity index (χ4n) is 3.65. The van der Waals surface area contributed by atoms with E-state index in [1.807, 2.05) is 30.3 Å². The number of rotatable bonds is 5. The number of carbonyl (C=O) groups excluding carboxylic acids is 1. The first-order chi connectivity index (χ1) is 12.6. The van der Waals surface area contributed by atoms with Crippen LogP contribution in [0.4, 0.5) is 0 Å². The number of hydrogen-bond acceptors (Lipinski definition) is 3. The Morgan fingerprint density at radius 1 is 1.27 bits per heavy atom. The van der Waals surface area contributed by atoms with E-state index < -0.39 is 0 Å². The summed E-state index contributed by atoms with van der Waals surface area (Å²) in [6.45, 7) is 1.04. The van der Waals surface area contributed by atoms with Crippen LogP contribution in [0.1, 0.15) is 24.0 Å². The van der Waals surface area contributed by atoms with Gasteiger partial charge in [0, 0.05) is 17.0 Å². The normalized spacial score (nSPS) is 19.8. The molecule has 5 heteroatoms. The van der Waals surface area contributed by atoms with E-state index in [9.17, 15) is 4.79 Å². The van der Waals surface area contributed by atoms with Gasteiger partial charge in [0.15, 0.2) is 11.5 Å². The van der Waals surface area contributed by atoms with Gasteiger partial charge < -0.3 is 14.8 Å². The third-order valence-corrected chi connectivity index (χ3v) is 5.71. The summed E-state index contributed by atoms with van der Waals surface area (Å²) in [6, 6.07) is 13.8. The Balaban J connectivity index is 1.39. The number of amides is 1. The Morgan fingerprint density at radius 2 is 2.04 bits per heavy atom. The summed E-state index contributed by atoms with van der Waals surface area (Å²) in [7, 11) is 1.63. The van der Waals surface area contributed by atoms with Crippen LogP contribution >= 0.6 is 11.6 Å². The summed E-state index contributed by atoms with van der Waals surface area (Å²) in [4.78, 5) is 12.7. The number of fused-ring (bicyclic) bond motifs is 1. The second kappa shape index (κ2) is 6.84. The highest BCUT2D eigenvalue weighted by Crippen LogP contribution is 2.48. The fourth-order valence-corrected chi connectivity index (χ4v) is 3.77. The lowest BCUT2D eigenvalue weighted by molar-refractivity contribution is -0.126. The van der Waals surface area contributed by atoms with E-state index in [4.69, 9.17) is 21.1 Å². The van der Waals surface area contributed by atoms with Crippen LogP contribution in [0.5, 0.6) is 11.5 Å². The molecule has 1 atom stereocenters. The second-order valence-corrected chi connectivity index (χ2v) is 7.60. The Kier molecular flexibility index (Phi) is 4.53. The van der Waals surface area contributed by atoms with Crippen LogP contribution in [0.15, 0.2) is 42.5 Å². The van der Waals surface area contributed by atoms with Crippen molar-refractivity contribution in [3.63, 3.8) is 0 Å². The zero-order valence-electron chi connectivity index (χ0n) is 14.8. The number of ether oxygens (including phenoxy) is 2. The molecule has 1 heterocycles. The van der Waals surface area contributed by atoms with Crippen molar-refractivity contribution in [3.05, 3.63) is 58.6 Å². The third kappa shape index (κ3) is 3.26. The topological polar surface area (TPSA) is 47.6 Å². The molecular weight excluding hydrogens is 350 g/mol. The molecule has 2 aromatic rings. The maximum absolute atomic E-state index is 12.7. The number of hydrogen-bond donors (Lipinski definition) is 1. The molecule has 4 rings (SSSR count). The third-order valence-electron chi connectivity index (χ3n) is 5.46. The maximum Gasteiger partial charge on any atom is 0.226 e. The number of methoxy groups -OCH3 is 1. The van der Waals surface area contributed by atoms with Crippen LogP contribution < -0.4 is 14.8 Å². The molecule has 1 saturated carbocycles. The van der Waals surface area contributed by atoms with Crippen molar-refractivity contribution < 1.29 is 14.3 Å². The number of nitrogens with one attached hydrogen (secondary N) is 1. The highest BCUT2D eigenvalue weighted by atomic mass is 35.5. The summed E-state index contributed by atoms with van der Waals surface area (Å²) in [6.07, 6.45) is 2.86. The molecule has 26 heavy (non-hydrogen) atoms. The van der Waals surface area contributed by atoms with Crippen LogP contribution in [0.3, 0.4) is 0 Å². The summed E-state index contributed by atoms with van der Waals surface area (Å²) in [5, 5.41) is 3.88. The van der Waals surface area contributed by atoms with E-state index in [1.54, 1.807) is 7.11 Å². The van der Waals surface area contributed by atoms with Gasteiger partial charge in [-0.1, -0.05) is 35.9 Å². The highest BCUT2D eigenvalue weighted by Gasteiger charge is 2.44. The van der Waals surface area contributed by atoms with Gasteiger partial charge in [-0.15, -0.1) is 0 Å². The van der Waals surface area contributed by atoms with E-state index in [1.165, 1.54) is 5.56 Å². The van der Waals surface area contributed by atoms with Gasteiger partial charge in [0.2, 0.25) is 5.91 Å². The minimum Gasteiger partial charge on any atom is -0.493 e. The molecule has 2 aliphatic rings. The first-order valence-corrected chi connectivity index (χ1v) is 9.31. The lowest BCUT2D eigenvalue weighted by Crippen LogP contribution is -2.40. The minimum atomic E-state index is -0.171. The molecule has 1 aliphatic carbocycles. The molecule has 1 fully saturated rings. The fraction of sp³-hybridized carbons (Fsp3) is 0.381. The van der Waals surface area contributed by atoms with Gasteiger partial charge in [-0.05, 0) is 48.6 Å². The molecule has 0 spiro atoms. The molecule has 1 N–H and O–H groups in total. The van der Waals surface area contributed by atoms with Crippen molar-refractivity contribution in [1.82, 2.24) is 5.32 Å². The van der Waals surface area contributed by atoms with Crippen molar-refractivity contribution in [1.29, 1.82) is 0 Å². The maximum atomic E-state index is 12.7. The molecule has 0 unspecified atom stereocenters. The van der Waals surface area contributed by atoms with E-state index >= 15 is 0 Å². The largest absolute Gasteiger partial charge is 0.493 e. The number of halogens is 1. The lowest BCUT2D eigenvalue weighted by Gasteiger charge is -2.26. The number of carbonyl (C=O) groups is 1. The van der Waals surface area contributed by atoms with Crippen LogP contribution in [-0.4, -0.2) is 26.2 Å². The Bertz CT molecular complexity index is 815. The van der Waals surface area contributed by atoms with Crippen LogP contribution in [0.25, 0.3) is 0 Å². The molecule has 0 radical (unpaired) electrons. The van der Waals surface area contributed by atoms with Crippen molar-refractivity contribution >= 4 is 17.5 Å². The van der Waals surface area contributed by atoms with Crippen LogP contribution in [-0.2, 0) is 16.6 Å². The van der Waals surface area contributed by atoms with Crippen molar-refractivity contribution in [3.8, 4) is 11.5 Å². The van der Waals surface area contributed by atoms with E-state index in [0.717, 1.165) is 34.9 Å². The van der Waals surface area contributed by atoms with Gasteiger partial charge >= 0.3 is 0 Å². The predicted octanol–water partition coefficient (Wildman–Crippen LogP) is 3.75. The van der Waals surface area contributed by atoms with Gasteiger partial charge in [0.1, 0.15) is 6.61 Å². The Labute approximate surface area is 158 Å². The highest BCUT2D eigenvalue weighted by molar-refractivity contribution is 6.30. The van der Waals surface area contributed by atoms with Crippen LogP contribution in [0.2, 0.25) is 5.02 Å². The Hall–Kier alpha value is -2.20. The lowest BCUT2D eigenvalue weighted by atomic mass is 9.93. The van der Waals surface area contributed by atoms with Gasteiger partial charge in [0.25, 0.3) is 0 Å². The number of benzene rings is 2. The summed E-state index contributed by atoms with van der Waals surface area (Å²) >= 11 is 5.98. The molecule has 0 aromatic heterocycles. The summed E-state index contributed by atoms with van der Waals surface area (Å²) < 4.78 is 11.2. The monoisotopic (exact) mass is 371 g/mol. The van der Waals surface area contributed by atoms with Crippen molar-refractivity contribution in [2.75, 3.05) is 20.3 Å². The zero-order chi connectivity index (χ0) is 18.1. The molecule has 4 nitrogen and oxygen atoms in total. The minimum absolute atomic E-state index is 0.0544. The molecule has 1 amide bonds. The smallest absolute Gasteiger partial charge is 0.226 e. The standard InChI is InChI=1S/C21H22ClNO3/c1-25-18-4-2-3-14-11-15(12-26-19(14)18)20(24)23-13-21(9-10-21)16-5-7-17(22)8-6-16/h2-8,15H,9-13H2,1H3,(H,23,24)/t15-/m0/s1. The predicted molar refractivity (Wildman–Crippen MR) is 101 cm³/mol. The first-order valence-electron chi connectivity index (χ1n) is 8.94. The average Bonchev–Trinajstić information content (AvgIpc) is 3.46. The molecule has 1 aliphatic heterocycles. The zero-order valence-corrected chi connectivity index (χ0v) is 15.5. The average molecular weight is 372 g/mol. The van der Waals surface area contributed by atoms with Gasteiger partial charge in [-0.3, -0.25) is 4.79 Å². The molecule has 0 saturated heterocycles. The molecule has 0 bridgehead atoms. The quantitative estimate of drug-likeness (QED) is 0.870. The van der Waals surface area contributed by atoms with Crippen molar-refractivity contribution in [2.24, 2.45) is 5.92 Å². The van der Waals surface area contributed by atoms with Gasteiger partial charge in [-0.25, -0.2) is 0 Å². The van der Waals surface area contributed by atoms with Gasteiger partial charge in [-0.2, -0.15) is 0 Å². The van der Waals surface area contributed by atoms with E-state index in [0.29, 0.717) is 19.6 Å². The van der Waals surface area contributed by atoms with Crippen LogP contribution in [0, 0.1) is 5.92 Å². The molecular formula is C21H22ClNO3. The summed E-state index contributed by atoms with van der Waals surface area (Å²) in [5.41, 5.74) is 2.34. The SMILES string of the molecule is COc1cccc2c1OC[C@@H](C(=O)NCC1(c3ccc(Cl)cc3)CC1)C2. The van der Waals surface area contributed by atoms with E-state index in [2.05, 4.69) is 17.4 Å². The molecule has 136 valence electrons. The second-order valence-electron chi connectivity index (χ2n) is 7.17. The first kappa shape index (κ1) is 17.2. The Morgan fingerprint density at radius 3 is 2.73 bits per heavy atom. The van der Waals surface area contributed by atoms with Crippen molar-refractivity contribution in [2.45, 2.75) is 24.7 Å². The number of para-hydroxylation sites is 1. The summed E-state index contributed by atoms with van der Waals surface area (Å²) in [5.74, 6) is 1.37. The van der Waals surface area contributed by atoms with Gasteiger partial charge in [0.05, 0.1) is 13.0 Å².